The lowest BCUT2D eigenvalue weighted by atomic mass is 10.2. The maximum absolute atomic E-state index is 5.88. The Morgan fingerprint density at radius 2 is 1.80 bits per heavy atom. The van der Waals surface area contributed by atoms with Gasteiger partial charge in [-0.2, -0.15) is 5.10 Å². The van der Waals surface area contributed by atoms with E-state index in [0.29, 0.717) is 6.61 Å². The maximum Gasteiger partial charge on any atom is 0.131 e. The molecule has 1 aromatic carbocycles. The smallest absolute Gasteiger partial charge is 0.131 e. The zero-order chi connectivity index (χ0) is 14.5. The number of hydrogen-bond acceptors (Lipinski definition) is 2. The summed E-state index contributed by atoms with van der Waals surface area (Å²) in [7, 11) is 0. The molecule has 108 valence electrons. The first-order chi connectivity index (χ1) is 9.69. The van der Waals surface area contributed by atoms with Gasteiger partial charge in [0, 0.05) is 6.54 Å². The van der Waals surface area contributed by atoms with Gasteiger partial charge in [0.2, 0.25) is 0 Å². The molecule has 0 saturated heterocycles. The number of rotatable bonds is 6. The van der Waals surface area contributed by atoms with Crippen molar-refractivity contribution < 1.29 is 4.74 Å². The van der Waals surface area contributed by atoms with E-state index in [1.807, 2.05) is 16.8 Å². The normalized spacial score (nSPS) is 10.8. The van der Waals surface area contributed by atoms with Gasteiger partial charge in [-0.1, -0.05) is 26.0 Å². The van der Waals surface area contributed by atoms with E-state index in [2.05, 4.69) is 53.9 Å². The van der Waals surface area contributed by atoms with Gasteiger partial charge in [0.15, 0.2) is 0 Å². The number of nitrogens with zero attached hydrogens (tertiary/aromatic N) is 2. The highest BCUT2D eigenvalue weighted by molar-refractivity contribution is 9.10. The third-order valence-corrected chi connectivity index (χ3v) is 4.32. The minimum Gasteiger partial charge on any atom is -0.487 e. The highest BCUT2D eigenvalue weighted by Crippen LogP contribution is 2.24. The van der Waals surface area contributed by atoms with E-state index >= 15 is 0 Å². The van der Waals surface area contributed by atoms with Gasteiger partial charge in [-0.25, -0.2) is 0 Å². The van der Waals surface area contributed by atoms with Crippen molar-refractivity contribution in [1.82, 2.24) is 9.78 Å². The summed E-state index contributed by atoms with van der Waals surface area (Å²) < 4.78 is 8.96. The summed E-state index contributed by atoms with van der Waals surface area (Å²) in [6.07, 6.45) is 1.97. The summed E-state index contributed by atoms with van der Waals surface area (Å²) in [6.45, 7) is 7.75. The van der Waals surface area contributed by atoms with E-state index in [-0.39, 0.29) is 0 Å². The molecule has 0 aliphatic carbocycles. The average Bonchev–Trinajstić information content (AvgIpc) is 2.81. The first kappa shape index (κ1) is 15.1. The van der Waals surface area contributed by atoms with Crippen LogP contribution < -0.4 is 4.74 Å². The van der Waals surface area contributed by atoms with Crippen LogP contribution in [0.25, 0.3) is 0 Å². The van der Waals surface area contributed by atoms with Crippen LogP contribution in [0, 0.1) is 0 Å². The van der Waals surface area contributed by atoms with Crippen molar-refractivity contribution in [2.45, 2.75) is 46.8 Å². The fraction of sp³-hybridized carbons (Fsp3) is 0.438. The van der Waals surface area contributed by atoms with E-state index in [9.17, 15) is 0 Å². The largest absolute Gasteiger partial charge is 0.487 e. The number of ether oxygens (including phenoxy) is 1. The van der Waals surface area contributed by atoms with Crippen molar-refractivity contribution in [3.05, 3.63) is 45.7 Å². The second-order valence-electron chi connectivity index (χ2n) is 4.66. The molecule has 2 rings (SSSR count). The number of aryl methyl sites for hydroxylation is 3. The summed E-state index contributed by atoms with van der Waals surface area (Å²) >= 11 is 3.64. The summed E-state index contributed by atoms with van der Waals surface area (Å²) in [5.41, 5.74) is 3.51. The van der Waals surface area contributed by atoms with Gasteiger partial charge in [0.1, 0.15) is 12.4 Å². The summed E-state index contributed by atoms with van der Waals surface area (Å²) in [5, 5.41) is 4.58. The van der Waals surface area contributed by atoms with Crippen molar-refractivity contribution in [3.63, 3.8) is 0 Å². The van der Waals surface area contributed by atoms with Crippen LogP contribution in [0.5, 0.6) is 5.75 Å². The molecule has 20 heavy (non-hydrogen) atoms. The minimum absolute atomic E-state index is 0.535. The highest BCUT2D eigenvalue weighted by Gasteiger charge is 2.14. The fourth-order valence-electron chi connectivity index (χ4n) is 2.13. The van der Waals surface area contributed by atoms with Crippen LogP contribution in [0.15, 0.2) is 28.7 Å². The van der Waals surface area contributed by atoms with Gasteiger partial charge >= 0.3 is 0 Å². The van der Waals surface area contributed by atoms with Gasteiger partial charge in [0.25, 0.3) is 0 Å². The van der Waals surface area contributed by atoms with Crippen LogP contribution in [-0.4, -0.2) is 9.78 Å². The monoisotopic (exact) mass is 336 g/mol. The highest BCUT2D eigenvalue weighted by atomic mass is 79.9. The zero-order valence-electron chi connectivity index (χ0n) is 12.3. The van der Waals surface area contributed by atoms with Crippen LogP contribution in [0.2, 0.25) is 0 Å². The van der Waals surface area contributed by atoms with Crippen molar-refractivity contribution in [1.29, 1.82) is 0 Å². The molecule has 0 amide bonds. The molecule has 0 atom stereocenters. The fourth-order valence-corrected chi connectivity index (χ4v) is 2.81. The van der Waals surface area contributed by atoms with Crippen LogP contribution in [0.4, 0.5) is 0 Å². The van der Waals surface area contributed by atoms with Crippen LogP contribution in [0.1, 0.15) is 37.7 Å². The number of halogens is 1. The molecular formula is C16H21BrN2O. The second-order valence-corrected chi connectivity index (χ2v) is 5.46. The summed E-state index contributed by atoms with van der Waals surface area (Å²) in [4.78, 5) is 0. The molecule has 0 aliphatic heterocycles. The molecule has 0 saturated carbocycles. The Labute approximate surface area is 129 Å². The van der Waals surface area contributed by atoms with Crippen molar-refractivity contribution >= 4 is 15.9 Å². The lowest BCUT2D eigenvalue weighted by molar-refractivity contribution is 0.291. The van der Waals surface area contributed by atoms with E-state index in [1.54, 1.807) is 0 Å². The Kier molecular flexibility index (Phi) is 5.24. The van der Waals surface area contributed by atoms with E-state index in [1.165, 1.54) is 5.56 Å². The van der Waals surface area contributed by atoms with Crippen LogP contribution in [0.3, 0.4) is 0 Å². The van der Waals surface area contributed by atoms with Gasteiger partial charge in [-0.3, -0.25) is 4.68 Å². The van der Waals surface area contributed by atoms with E-state index < -0.39 is 0 Å². The zero-order valence-corrected chi connectivity index (χ0v) is 13.9. The topological polar surface area (TPSA) is 27.1 Å². The van der Waals surface area contributed by atoms with Gasteiger partial charge < -0.3 is 4.74 Å². The Morgan fingerprint density at radius 1 is 1.10 bits per heavy atom. The van der Waals surface area contributed by atoms with Crippen LogP contribution >= 0.6 is 15.9 Å². The maximum atomic E-state index is 5.88. The Hall–Kier alpha value is -1.29. The molecule has 1 aromatic heterocycles. The Bertz CT molecular complexity index is 561. The van der Waals surface area contributed by atoms with Gasteiger partial charge in [0.05, 0.1) is 15.9 Å². The third kappa shape index (κ3) is 3.23. The molecule has 0 unspecified atom stereocenters. The Balaban J connectivity index is 2.11. The molecule has 0 N–H and O–H groups in total. The van der Waals surface area contributed by atoms with Crippen LogP contribution in [-0.2, 0) is 26.0 Å². The number of aromatic nitrogens is 2. The molecule has 0 fully saturated rings. The average molecular weight is 337 g/mol. The minimum atomic E-state index is 0.535. The predicted octanol–water partition coefficient (Wildman–Crippen LogP) is 4.37. The van der Waals surface area contributed by atoms with Gasteiger partial charge in [-0.05, 0) is 53.4 Å². The molecule has 0 radical (unpaired) electrons. The predicted molar refractivity (Wildman–Crippen MR) is 85.1 cm³/mol. The lowest BCUT2D eigenvalue weighted by Crippen LogP contribution is -2.06. The van der Waals surface area contributed by atoms with Crippen molar-refractivity contribution in [3.8, 4) is 5.75 Å². The molecule has 0 aliphatic rings. The molecular weight excluding hydrogens is 316 g/mol. The Morgan fingerprint density at radius 3 is 2.35 bits per heavy atom. The van der Waals surface area contributed by atoms with Crippen molar-refractivity contribution in [2.75, 3.05) is 0 Å². The molecule has 4 heteroatoms. The quantitative estimate of drug-likeness (QED) is 0.783. The lowest BCUT2D eigenvalue weighted by Gasteiger charge is -2.09. The standard InChI is InChI=1S/C16H21BrN2O/c1-4-12-7-9-13(10-8-12)20-11-15-16(17)14(5-2)18-19(15)6-3/h7-10H,4-6,11H2,1-3H3. The SMILES string of the molecule is CCc1ccc(OCc2c(Br)c(CC)nn2CC)cc1. The summed E-state index contributed by atoms with van der Waals surface area (Å²) in [5.74, 6) is 0.899. The third-order valence-electron chi connectivity index (χ3n) is 3.40. The molecule has 2 aromatic rings. The molecule has 0 spiro atoms. The molecule has 1 heterocycles. The van der Waals surface area contributed by atoms with Gasteiger partial charge in [-0.15, -0.1) is 0 Å². The first-order valence-corrected chi connectivity index (χ1v) is 7.94. The molecule has 3 nitrogen and oxygen atoms in total. The second kappa shape index (κ2) is 6.93. The first-order valence-electron chi connectivity index (χ1n) is 7.15. The van der Waals surface area contributed by atoms with E-state index in [0.717, 1.165) is 41.0 Å². The number of hydrogen-bond donors (Lipinski definition) is 0. The van der Waals surface area contributed by atoms with Crippen molar-refractivity contribution in [2.24, 2.45) is 0 Å². The van der Waals surface area contributed by atoms with E-state index in [4.69, 9.17) is 4.74 Å². The molecule has 0 bridgehead atoms. The number of benzene rings is 1. The summed E-state index contributed by atoms with van der Waals surface area (Å²) in [6, 6.07) is 8.28.